The highest BCUT2D eigenvalue weighted by Crippen LogP contribution is 2.30. The molecule has 210 valence electrons. The number of likely N-dealkylation sites (tertiary alicyclic amines) is 1. The van der Waals surface area contributed by atoms with E-state index in [1.165, 1.54) is 17.4 Å². The van der Waals surface area contributed by atoms with Gasteiger partial charge in [-0.1, -0.05) is 24.9 Å². The number of alkyl halides is 2. The lowest BCUT2D eigenvalue weighted by Crippen LogP contribution is -2.46. The molecule has 1 N–H and O–H groups in total. The van der Waals surface area contributed by atoms with E-state index in [0.29, 0.717) is 66.9 Å². The molecule has 0 bridgehead atoms. The molecule has 3 saturated heterocycles. The van der Waals surface area contributed by atoms with Crippen LogP contribution in [0.3, 0.4) is 0 Å². The van der Waals surface area contributed by atoms with Crippen molar-refractivity contribution in [2.45, 2.75) is 38.2 Å². The summed E-state index contributed by atoms with van der Waals surface area (Å²) in [5, 5.41) is 3.46. The van der Waals surface area contributed by atoms with Gasteiger partial charge >= 0.3 is 0 Å². The third-order valence-corrected chi connectivity index (χ3v) is 8.60. The molecule has 1 aromatic carbocycles. The van der Waals surface area contributed by atoms with E-state index in [1.54, 1.807) is 24.3 Å². The molecule has 39 heavy (non-hydrogen) atoms. The Balaban J connectivity index is 1.21. The lowest BCUT2D eigenvalue weighted by molar-refractivity contribution is 0.102. The topological polar surface area (TPSA) is 74.6 Å². The fourth-order valence-corrected chi connectivity index (χ4v) is 6.21. The first-order valence-corrected chi connectivity index (χ1v) is 14.3. The number of imidazole rings is 1. The fourth-order valence-electron chi connectivity index (χ4n) is 5.98. The minimum atomic E-state index is -2.74. The third kappa shape index (κ3) is 5.98. The van der Waals surface area contributed by atoms with Gasteiger partial charge in [-0.2, -0.15) is 9.97 Å². The van der Waals surface area contributed by atoms with Gasteiger partial charge in [-0.15, -0.1) is 0 Å². The molecular weight excluding hydrogens is 522 g/mol. The molecule has 0 unspecified atom stereocenters. The van der Waals surface area contributed by atoms with Crippen molar-refractivity contribution in [2.75, 3.05) is 69.2 Å². The molecule has 0 amide bonds. The molecule has 9 nitrogen and oxygen atoms in total. The van der Waals surface area contributed by atoms with Gasteiger partial charge in [0.2, 0.25) is 5.95 Å². The summed E-state index contributed by atoms with van der Waals surface area (Å²) in [5.41, 5.74) is 1.11. The van der Waals surface area contributed by atoms with Crippen molar-refractivity contribution >= 4 is 35.6 Å². The van der Waals surface area contributed by atoms with E-state index >= 15 is 0 Å². The first kappa shape index (κ1) is 26.7. The van der Waals surface area contributed by atoms with Gasteiger partial charge in [-0.3, -0.25) is 8.87 Å². The van der Waals surface area contributed by atoms with E-state index < -0.39 is 6.43 Å². The van der Waals surface area contributed by atoms with Crippen molar-refractivity contribution in [1.29, 1.82) is 0 Å². The van der Waals surface area contributed by atoms with Crippen molar-refractivity contribution < 1.29 is 13.5 Å². The molecule has 2 aromatic heterocycles. The second-order valence-corrected chi connectivity index (χ2v) is 11.2. The van der Waals surface area contributed by atoms with Crippen molar-refractivity contribution in [3.8, 4) is 5.82 Å². The number of hydrogen-bond donors (Lipinski definition) is 2. The van der Waals surface area contributed by atoms with Gasteiger partial charge in [-0.05, 0) is 56.8 Å². The first-order chi connectivity index (χ1) is 19.0. The number of thiol groups is 1. The molecule has 0 radical (unpaired) electrons. The third-order valence-electron chi connectivity index (χ3n) is 8.20. The van der Waals surface area contributed by atoms with Gasteiger partial charge in [-0.25, -0.2) is 13.8 Å². The molecular formula is C27H36F2N8OS. The normalized spacial score (nSPS) is 20.8. The number of para-hydroxylation sites is 2. The number of rotatable bonds is 7. The van der Waals surface area contributed by atoms with Gasteiger partial charge in [0.05, 0.1) is 24.2 Å². The van der Waals surface area contributed by atoms with Gasteiger partial charge in [0.25, 0.3) is 6.43 Å². The average molecular weight is 559 g/mol. The number of nitrogens with zero attached hydrogens (tertiary/aromatic N) is 7. The molecule has 12 heteroatoms. The molecule has 0 aliphatic carbocycles. The van der Waals surface area contributed by atoms with E-state index in [2.05, 4.69) is 37.2 Å². The Morgan fingerprint density at radius 3 is 2.38 bits per heavy atom. The minimum Gasteiger partial charge on any atom is -0.378 e. The summed E-state index contributed by atoms with van der Waals surface area (Å²) in [6.45, 7) is 7.63. The number of morpholine rings is 1. The summed E-state index contributed by atoms with van der Waals surface area (Å²) in [6.07, 6.45) is 1.86. The van der Waals surface area contributed by atoms with Crippen molar-refractivity contribution in [1.82, 2.24) is 28.7 Å². The monoisotopic (exact) mass is 558 g/mol. The first-order valence-electron chi connectivity index (χ1n) is 13.9. The van der Waals surface area contributed by atoms with Gasteiger partial charge in [0, 0.05) is 44.8 Å². The molecule has 6 rings (SSSR count). The number of fused-ring (bicyclic) bond motifs is 1. The quantitative estimate of drug-likeness (QED) is 0.422. The van der Waals surface area contributed by atoms with Crippen molar-refractivity contribution in [2.24, 2.45) is 5.92 Å². The van der Waals surface area contributed by atoms with Crippen LogP contribution in [0.4, 0.5) is 20.5 Å². The number of ether oxygens (including phenoxy) is 1. The smallest absolute Gasteiger partial charge is 0.296 e. The summed E-state index contributed by atoms with van der Waals surface area (Å²) in [5.74, 6) is 1.74. The standard InChI is InChI=1S/C27H36F2N8OS/c28-25(29)26-31-21-3-1-2-4-22(21)37(26)24-17-23(35-13-15-38-16-14-35)32-27(33-24)30-18-19-5-9-34(10-6-19)20-7-11-36(39)12-8-20/h1-4,17,19-20,25,39H,5-16,18H2,(H,30,32,33). The van der Waals surface area contributed by atoms with E-state index in [1.807, 2.05) is 6.07 Å². The Morgan fingerprint density at radius 1 is 0.923 bits per heavy atom. The lowest BCUT2D eigenvalue weighted by Gasteiger charge is -2.40. The van der Waals surface area contributed by atoms with Crippen LogP contribution in [0.25, 0.3) is 16.9 Å². The highest BCUT2D eigenvalue weighted by Gasteiger charge is 2.28. The number of aromatic nitrogens is 4. The van der Waals surface area contributed by atoms with E-state index in [-0.39, 0.29) is 5.82 Å². The number of benzene rings is 1. The molecule has 0 atom stereocenters. The zero-order chi connectivity index (χ0) is 26.8. The Morgan fingerprint density at radius 2 is 1.64 bits per heavy atom. The highest BCUT2D eigenvalue weighted by atomic mass is 32.1. The maximum Gasteiger partial charge on any atom is 0.296 e. The summed E-state index contributed by atoms with van der Waals surface area (Å²) in [7, 11) is 0. The summed E-state index contributed by atoms with van der Waals surface area (Å²) >= 11 is 4.49. The van der Waals surface area contributed by atoms with Crippen LogP contribution in [-0.4, -0.2) is 93.8 Å². The van der Waals surface area contributed by atoms with Crippen LogP contribution >= 0.6 is 12.8 Å². The predicted octanol–water partition coefficient (Wildman–Crippen LogP) is 4.02. The zero-order valence-corrected chi connectivity index (χ0v) is 22.9. The SMILES string of the molecule is FC(F)c1nc2ccccc2n1-c1cc(N2CCOCC2)nc(NCC2CCN(C3CCN(S)CC3)CC2)n1. The Bertz CT molecular complexity index is 1250. The van der Waals surface area contributed by atoms with E-state index in [4.69, 9.17) is 14.7 Å². The number of halogens is 2. The summed E-state index contributed by atoms with van der Waals surface area (Å²) < 4.78 is 37.3. The van der Waals surface area contributed by atoms with Gasteiger partial charge in [0.1, 0.15) is 11.6 Å². The molecule has 3 aliphatic heterocycles. The van der Waals surface area contributed by atoms with Crippen LogP contribution in [0.15, 0.2) is 30.3 Å². The number of hydrogen-bond acceptors (Lipinski definition) is 9. The maximum atomic E-state index is 14.1. The van der Waals surface area contributed by atoms with E-state index in [0.717, 1.165) is 45.6 Å². The Labute approximate surface area is 233 Å². The van der Waals surface area contributed by atoms with Crippen LogP contribution in [-0.2, 0) is 4.74 Å². The second-order valence-electron chi connectivity index (χ2n) is 10.6. The zero-order valence-electron chi connectivity index (χ0n) is 22.1. The number of nitrogens with one attached hydrogen (secondary N) is 1. The molecule has 3 aromatic rings. The van der Waals surface area contributed by atoms with E-state index in [9.17, 15) is 8.78 Å². The van der Waals surface area contributed by atoms with Crippen LogP contribution < -0.4 is 10.2 Å². The highest BCUT2D eigenvalue weighted by molar-refractivity contribution is 7.77. The maximum absolute atomic E-state index is 14.1. The van der Waals surface area contributed by atoms with Crippen LogP contribution in [0.5, 0.6) is 0 Å². The molecule has 5 heterocycles. The van der Waals surface area contributed by atoms with Crippen LogP contribution in [0, 0.1) is 5.92 Å². The van der Waals surface area contributed by atoms with Crippen LogP contribution in [0.2, 0.25) is 0 Å². The molecule has 0 saturated carbocycles. The van der Waals surface area contributed by atoms with Gasteiger partial charge in [0.15, 0.2) is 5.82 Å². The molecule has 3 aliphatic rings. The van der Waals surface area contributed by atoms with Gasteiger partial charge < -0.3 is 19.9 Å². The lowest BCUT2D eigenvalue weighted by atomic mass is 9.94. The molecule has 0 spiro atoms. The van der Waals surface area contributed by atoms with Crippen molar-refractivity contribution in [3.63, 3.8) is 0 Å². The summed E-state index contributed by atoms with van der Waals surface area (Å²) in [6, 6.07) is 9.61. The fraction of sp³-hybridized carbons (Fsp3) is 0.593. The van der Waals surface area contributed by atoms with Crippen LogP contribution in [0.1, 0.15) is 37.9 Å². The number of anilines is 2. The Kier molecular flexibility index (Phi) is 8.14. The van der Waals surface area contributed by atoms with Crippen molar-refractivity contribution in [3.05, 3.63) is 36.2 Å². The largest absolute Gasteiger partial charge is 0.378 e. The Hall–Kier alpha value is -2.54. The minimum absolute atomic E-state index is 0.315. The number of piperidine rings is 2. The predicted molar refractivity (Wildman–Crippen MR) is 151 cm³/mol. The molecule has 3 fully saturated rings. The second kappa shape index (κ2) is 11.9. The average Bonchev–Trinajstić information content (AvgIpc) is 3.37. The summed E-state index contributed by atoms with van der Waals surface area (Å²) in [4.78, 5) is 18.5.